The fraction of sp³-hybridized carbons (Fsp3) is 0.576. The quantitative estimate of drug-likeness (QED) is 0.428. The molecule has 3 fully saturated rings. The second-order valence-corrected chi connectivity index (χ2v) is 11.9. The van der Waals surface area contributed by atoms with Crippen LogP contribution in [-0.2, 0) is 16.1 Å². The maximum atomic E-state index is 13.8. The summed E-state index contributed by atoms with van der Waals surface area (Å²) in [4.78, 5) is 31.7. The van der Waals surface area contributed by atoms with Gasteiger partial charge in [0, 0.05) is 32.2 Å². The number of likely N-dealkylation sites (tertiary alicyclic amines) is 1. The van der Waals surface area contributed by atoms with Gasteiger partial charge in [-0.05, 0) is 67.9 Å². The van der Waals surface area contributed by atoms with Gasteiger partial charge in [-0.3, -0.25) is 14.5 Å². The Kier molecular flexibility index (Phi) is 9.50. The Morgan fingerprint density at radius 1 is 1.00 bits per heavy atom. The molecule has 1 spiro atoms. The van der Waals surface area contributed by atoms with Crippen molar-refractivity contribution in [2.75, 3.05) is 26.7 Å². The van der Waals surface area contributed by atoms with Crippen LogP contribution in [-0.4, -0.2) is 71.1 Å². The normalized spacial score (nSPS) is 22.4. The average molecular weight is 564 g/mol. The zero-order valence-electron chi connectivity index (χ0n) is 24.5. The molecule has 2 heterocycles. The van der Waals surface area contributed by atoms with E-state index in [1.54, 1.807) is 7.11 Å². The predicted molar refractivity (Wildman–Crippen MR) is 158 cm³/mol. The van der Waals surface area contributed by atoms with E-state index in [4.69, 9.17) is 9.47 Å². The Bertz CT molecular complexity index is 1170. The van der Waals surface area contributed by atoms with Crippen LogP contribution in [0.2, 0.25) is 0 Å². The predicted octanol–water partition coefficient (Wildman–Crippen LogP) is 4.89. The first-order chi connectivity index (χ1) is 19.9. The first-order valence-electron chi connectivity index (χ1n) is 15.4. The van der Waals surface area contributed by atoms with E-state index >= 15 is 0 Å². The zero-order chi connectivity index (χ0) is 28.8. The molecular formula is C33H45N3O5. The number of methoxy groups -OCH3 is 1. The van der Waals surface area contributed by atoms with Crippen LogP contribution in [0.5, 0.6) is 17.2 Å². The molecule has 0 radical (unpaired) electrons. The van der Waals surface area contributed by atoms with Gasteiger partial charge in [0.05, 0.1) is 13.2 Å². The van der Waals surface area contributed by atoms with Gasteiger partial charge in [0.2, 0.25) is 11.8 Å². The number of hydrogen-bond acceptors (Lipinski definition) is 6. The molecule has 2 aromatic rings. The molecule has 41 heavy (non-hydrogen) atoms. The molecule has 0 bridgehead atoms. The van der Waals surface area contributed by atoms with Crippen LogP contribution in [0.15, 0.2) is 48.5 Å². The number of aliphatic hydroxyl groups excluding tert-OH is 1. The van der Waals surface area contributed by atoms with Crippen molar-refractivity contribution < 1.29 is 24.2 Å². The summed E-state index contributed by atoms with van der Waals surface area (Å²) in [6, 6.07) is 14.8. The summed E-state index contributed by atoms with van der Waals surface area (Å²) in [5.41, 5.74) is 0.335. The molecule has 0 unspecified atom stereocenters. The number of carbonyl (C=O) groups is 2. The van der Waals surface area contributed by atoms with Crippen molar-refractivity contribution in [1.82, 2.24) is 15.1 Å². The van der Waals surface area contributed by atoms with Crippen LogP contribution in [0.25, 0.3) is 0 Å². The maximum absolute atomic E-state index is 13.8. The van der Waals surface area contributed by atoms with E-state index < -0.39 is 17.7 Å². The van der Waals surface area contributed by atoms with Crippen LogP contribution < -0.4 is 14.8 Å². The number of hydrogen-bond donors (Lipinski definition) is 2. The molecule has 1 aliphatic carbocycles. The third kappa shape index (κ3) is 6.54. The highest BCUT2D eigenvalue weighted by Gasteiger charge is 2.55. The highest BCUT2D eigenvalue weighted by molar-refractivity contribution is 6.00. The molecule has 0 aromatic heterocycles. The SMILES string of the molecule is CCCCN1C(=O)[C@@H]([C@H](O)C2CCCCC2)NC(=O)C12CCN(Cc1ccc(Oc3cccc(OC)c3)cc1)CC2. The van der Waals surface area contributed by atoms with E-state index in [1.165, 1.54) is 12.0 Å². The van der Waals surface area contributed by atoms with E-state index in [-0.39, 0.29) is 17.7 Å². The number of nitrogens with one attached hydrogen (secondary N) is 1. The molecular weight excluding hydrogens is 518 g/mol. The lowest BCUT2D eigenvalue weighted by atomic mass is 9.78. The Morgan fingerprint density at radius 3 is 2.39 bits per heavy atom. The summed E-state index contributed by atoms with van der Waals surface area (Å²) in [5.74, 6) is 2.12. The van der Waals surface area contributed by atoms with Gasteiger partial charge in [0.25, 0.3) is 0 Å². The van der Waals surface area contributed by atoms with Gasteiger partial charge in [-0.15, -0.1) is 0 Å². The van der Waals surface area contributed by atoms with Gasteiger partial charge in [0.15, 0.2) is 0 Å². The standard InChI is InChI=1S/C33H45N3O5/c1-3-4-19-36-31(38)29(30(37)25-9-6-5-7-10-25)34-32(39)33(36)17-20-35(21-18-33)23-24-13-15-26(16-14-24)41-28-12-8-11-27(22-28)40-2/h8,11-16,22,25,29-30,37H,3-7,9-10,17-21,23H2,1-2H3,(H,34,39)/t29-,30-/m1/s1. The number of carbonyl (C=O) groups excluding carboxylic acids is 2. The fourth-order valence-electron chi connectivity index (χ4n) is 6.76. The molecule has 2 atom stereocenters. The second kappa shape index (κ2) is 13.3. The highest BCUT2D eigenvalue weighted by atomic mass is 16.5. The van der Waals surface area contributed by atoms with Crippen molar-refractivity contribution in [1.29, 1.82) is 0 Å². The summed E-state index contributed by atoms with van der Waals surface area (Å²) in [5, 5.41) is 14.2. The van der Waals surface area contributed by atoms with Crippen molar-refractivity contribution in [3.05, 3.63) is 54.1 Å². The molecule has 5 rings (SSSR count). The first-order valence-corrected chi connectivity index (χ1v) is 15.4. The van der Waals surface area contributed by atoms with Crippen molar-refractivity contribution in [3.8, 4) is 17.2 Å². The lowest BCUT2D eigenvalue weighted by Crippen LogP contribution is -2.75. The van der Waals surface area contributed by atoms with Crippen LogP contribution in [0.3, 0.4) is 0 Å². The Labute approximate surface area is 244 Å². The van der Waals surface area contributed by atoms with Crippen molar-refractivity contribution >= 4 is 11.8 Å². The van der Waals surface area contributed by atoms with E-state index in [9.17, 15) is 14.7 Å². The van der Waals surface area contributed by atoms with Gasteiger partial charge < -0.3 is 24.8 Å². The summed E-state index contributed by atoms with van der Waals surface area (Å²) in [6.07, 6.45) is 7.34. The summed E-state index contributed by atoms with van der Waals surface area (Å²) in [7, 11) is 1.64. The van der Waals surface area contributed by atoms with Crippen LogP contribution in [0.1, 0.15) is 70.3 Å². The monoisotopic (exact) mass is 563 g/mol. The minimum atomic E-state index is -0.833. The Morgan fingerprint density at radius 2 is 1.71 bits per heavy atom. The maximum Gasteiger partial charge on any atom is 0.248 e. The van der Waals surface area contributed by atoms with Crippen molar-refractivity contribution in [3.63, 3.8) is 0 Å². The van der Waals surface area contributed by atoms with Gasteiger partial charge in [0.1, 0.15) is 28.8 Å². The lowest BCUT2D eigenvalue weighted by molar-refractivity contribution is -0.166. The fourth-order valence-corrected chi connectivity index (χ4v) is 6.76. The molecule has 3 aliphatic rings. The number of piperazine rings is 1. The third-order valence-electron chi connectivity index (χ3n) is 9.26. The van der Waals surface area contributed by atoms with Crippen molar-refractivity contribution in [2.45, 2.75) is 88.9 Å². The van der Waals surface area contributed by atoms with Gasteiger partial charge >= 0.3 is 0 Å². The van der Waals surface area contributed by atoms with Crippen molar-refractivity contribution in [2.24, 2.45) is 5.92 Å². The molecule has 2 saturated heterocycles. The molecule has 1 saturated carbocycles. The first kappa shape index (κ1) is 29.4. The molecule has 2 amide bonds. The number of ether oxygens (including phenoxy) is 2. The van der Waals surface area contributed by atoms with Gasteiger partial charge in [-0.25, -0.2) is 0 Å². The number of amides is 2. The smallest absolute Gasteiger partial charge is 0.248 e. The van der Waals surface area contributed by atoms with E-state index in [0.717, 1.165) is 75.4 Å². The average Bonchev–Trinajstić information content (AvgIpc) is 3.01. The number of rotatable bonds is 10. The summed E-state index contributed by atoms with van der Waals surface area (Å²) < 4.78 is 11.3. The van der Waals surface area contributed by atoms with E-state index in [1.807, 2.05) is 41.3 Å². The second-order valence-electron chi connectivity index (χ2n) is 11.9. The van der Waals surface area contributed by atoms with Gasteiger partial charge in [-0.1, -0.05) is 50.8 Å². The minimum absolute atomic E-state index is 0.0780. The molecule has 2 aliphatic heterocycles. The van der Waals surface area contributed by atoms with Crippen LogP contribution in [0.4, 0.5) is 0 Å². The lowest BCUT2D eigenvalue weighted by Gasteiger charge is -2.52. The number of unbranched alkanes of at least 4 members (excludes halogenated alkanes) is 1. The van der Waals surface area contributed by atoms with Gasteiger partial charge in [-0.2, -0.15) is 0 Å². The molecule has 2 N–H and O–H groups in total. The molecule has 8 nitrogen and oxygen atoms in total. The van der Waals surface area contributed by atoms with E-state index in [0.29, 0.717) is 19.4 Å². The molecule has 222 valence electrons. The summed E-state index contributed by atoms with van der Waals surface area (Å²) >= 11 is 0. The zero-order valence-corrected chi connectivity index (χ0v) is 24.5. The van der Waals surface area contributed by atoms with E-state index in [2.05, 4.69) is 29.3 Å². The number of benzene rings is 2. The third-order valence-corrected chi connectivity index (χ3v) is 9.26. The van der Waals surface area contributed by atoms with Crippen LogP contribution >= 0.6 is 0 Å². The molecule has 8 heteroatoms. The number of nitrogens with zero attached hydrogens (tertiary/aromatic N) is 2. The topological polar surface area (TPSA) is 91.3 Å². The number of piperidine rings is 1. The Hall–Kier alpha value is -3.10. The summed E-state index contributed by atoms with van der Waals surface area (Å²) in [6.45, 7) is 4.88. The number of aliphatic hydroxyl groups is 1. The minimum Gasteiger partial charge on any atom is -0.497 e. The van der Waals surface area contributed by atoms with Crippen LogP contribution in [0, 0.1) is 5.92 Å². The highest BCUT2D eigenvalue weighted by Crippen LogP contribution is 2.36. The largest absolute Gasteiger partial charge is 0.497 e. The molecule has 2 aromatic carbocycles. The Balaban J connectivity index is 1.21.